The van der Waals surface area contributed by atoms with Gasteiger partial charge in [-0.15, -0.1) is 11.8 Å². The van der Waals surface area contributed by atoms with Gasteiger partial charge in [-0.05, 0) is 30.2 Å². The Morgan fingerprint density at radius 3 is 2.67 bits per heavy atom. The zero-order chi connectivity index (χ0) is 14.3. The van der Waals surface area contributed by atoms with E-state index >= 15 is 0 Å². The molecule has 2 aliphatic heterocycles. The predicted octanol–water partition coefficient (Wildman–Crippen LogP) is 3.21. The molecule has 3 nitrogen and oxygen atoms in total. The van der Waals surface area contributed by atoms with Crippen molar-refractivity contribution in [2.75, 3.05) is 17.2 Å². The Balaban J connectivity index is 1.89. The van der Waals surface area contributed by atoms with E-state index < -0.39 is 0 Å². The fourth-order valence-electron chi connectivity index (χ4n) is 3.37. The molecule has 2 aliphatic rings. The lowest BCUT2D eigenvalue weighted by atomic mass is 9.85. The summed E-state index contributed by atoms with van der Waals surface area (Å²) in [6.45, 7) is 0.741. The third kappa shape index (κ3) is 1.86. The SMILES string of the molecule is NC1=NCC2(CCSc3ccccc32)N1c1ccccc1. The van der Waals surface area contributed by atoms with E-state index in [2.05, 4.69) is 58.4 Å². The Morgan fingerprint density at radius 2 is 1.81 bits per heavy atom. The quantitative estimate of drug-likeness (QED) is 0.878. The molecule has 1 unspecified atom stereocenters. The van der Waals surface area contributed by atoms with Crippen LogP contribution >= 0.6 is 11.8 Å². The van der Waals surface area contributed by atoms with Crippen molar-refractivity contribution in [3.63, 3.8) is 0 Å². The van der Waals surface area contributed by atoms with Gasteiger partial charge in [-0.1, -0.05) is 36.4 Å². The maximum absolute atomic E-state index is 6.24. The summed E-state index contributed by atoms with van der Waals surface area (Å²) in [6.07, 6.45) is 1.06. The molecule has 0 radical (unpaired) electrons. The molecular formula is C17H17N3S. The number of benzene rings is 2. The van der Waals surface area contributed by atoms with Gasteiger partial charge in [0.25, 0.3) is 0 Å². The molecule has 2 aromatic carbocycles. The Bertz CT molecular complexity index is 698. The van der Waals surface area contributed by atoms with Crippen LogP contribution in [0.3, 0.4) is 0 Å². The average molecular weight is 295 g/mol. The molecule has 4 heteroatoms. The van der Waals surface area contributed by atoms with Gasteiger partial charge in [-0.2, -0.15) is 0 Å². The van der Waals surface area contributed by atoms with Crippen LogP contribution in [0.5, 0.6) is 0 Å². The van der Waals surface area contributed by atoms with Crippen LogP contribution in [0.4, 0.5) is 5.69 Å². The van der Waals surface area contributed by atoms with Gasteiger partial charge >= 0.3 is 0 Å². The molecule has 2 aromatic rings. The highest BCUT2D eigenvalue weighted by molar-refractivity contribution is 7.99. The van der Waals surface area contributed by atoms with Gasteiger partial charge in [0.15, 0.2) is 5.96 Å². The minimum atomic E-state index is -0.118. The van der Waals surface area contributed by atoms with Gasteiger partial charge in [-0.25, -0.2) is 0 Å². The van der Waals surface area contributed by atoms with Crippen LogP contribution in [-0.4, -0.2) is 18.3 Å². The fraction of sp³-hybridized carbons (Fsp3) is 0.235. The number of anilines is 1. The number of rotatable bonds is 1. The number of nitrogens with two attached hydrogens (primary N) is 1. The molecule has 4 rings (SSSR count). The van der Waals surface area contributed by atoms with Gasteiger partial charge in [0.2, 0.25) is 0 Å². The first-order valence-corrected chi connectivity index (χ1v) is 8.17. The van der Waals surface area contributed by atoms with E-state index in [9.17, 15) is 0 Å². The van der Waals surface area contributed by atoms with Crippen molar-refractivity contribution < 1.29 is 0 Å². The number of hydrogen-bond acceptors (Lipinski definition) is 4. The van der Waals surface area contributed by atoms with E-state index in [1.54, 1.807) is 0 Å². The molecule has 0 aromatic heterocycles. The van der Waals surface area contributed by atoms with Crippen LogP contribution in [0.1, 0.15) is 12.0 Å². The van der Waals surface area contributed by atoms with E-state index in [1.807, 2.05) is 17.8 Å². The summed E-state index contributed by atoms with van der Waals surface area (Å²) in [6, 6.07) is 19.0. The lowest BCUT2D eigenvalue weighted by Crippen LogP contribution is -2.51. The first-order valence-electron chi connectivity index (χ1n) is 7.19. The van der Waals surface area contributed by atoms with E-state index in [1.165, 1.54) is 10.5 Å². The Kier molecular flexibility index (Phi) is 2.93. The zero-order valence-electron chi connectivity index (χ0n) is 11.7. The molecule has 106 valence electrons. The number of hydrogen-bond donors (Lipinski definition) is 1. The smallest absolute Gasteiger partial charge is 0.196 e. The molecule has 2 heterocycles. The molecule has 1 atom stereocenters. The monoisotopic (exact) mass is 295 g/mol. The second-order valence-corrected chi connectivity index (χ2v) is 6.61. The second kappa shape index (κ2) is 4.81. The Morgan fingerprint density at radius 1 is 1.05 bits per heavy atom. The standard InChI is InChI=1S/C17H17N3S/c18-16-19-12-17(20(16)13-6-2-1-3-7-13)10-11-21-15-9-5-4-8-14(15)17/h1-9H,10-12H2,(H2,18,19). The predicted molar refractivity (Wildman–Crippen MR) is 88.9 cm³/mol. The summed E-state index contributed by atoms with van der Waals surface area (Å²) in [5.74, 6) is 1.73. The number of fused-ring (bicyclic) bond motifs is 2. The molecule has 0 aliphatic carbocycles. The summed E-state index contributed by atoms with van der Waals surface area (Å²) in [5, 5.41) is 0. The lowest BCUT2D eigenvalue weighted by molar-refractivity contribution is 0.451. The minimum absolute atomic E-state index is 0.118. The van der Waals surface area contributed by atoms with Crippen LogP contribution in [0.2, 0.25) is 0 Å². The maximum Gasteiger partial charge on any atom is 0.196 e. The number of nitrogens with zero attached hydrogens (tertiary/aromatic N) is 2. The van der Waals surface area contributed by atoms with Crippen LogP contribution < -0.4 is 10.6 Å². The van der Waals surface area contributed by atoms with Crippen molar-refractivity contribution in [2.45, 2.75) is 16.9 Å². The van der Waals surface area contributed by atoms with Crippen molar-refractivity contribution in [2.24, 2.45) is 10.7 Å². The van der Waals surface area contributed by atoms with E-state index in [-0.39, 0.29) is 5.54 Å². The molecule has 0 saturated carbocycles. The van der Waals surface area contributed by atoms with E-state index in [4.69, 9.17) is 5.73 Å². The molecule has 2 N–H and O–H groups in total. The normalized spacial score (nSPS) is 24.0. The van der Waals surface area contributed by atoms with E-state index in [0.717, 1.165) is 24.4 Å². The maximum atomic E-state index is 6.24. The van der Waals surface area contributed by atoms with Crippen molar-refractivity contribution in [3.8, 4) is 0 Å². The molecule has 21 heavy (non-hydrogen) atoms. The van der Waals surface area contributed by atoms with Gasteiger partial charge in [0.1, 0.15) is 0 Å². The van der Waals surface area contributed by atoms with Gasteiger partial charge in [0.05, 0.1) is 12.1 Å². The summed E-state index contributed by atoms with van der Waals surface area (Å²) < 4.78 is 0. The largest absolute Gasteiger partial charge is 0.369 e. The van der Waals surface area contributed by atoms with Crippen LogP contribution in [0.25, 0.3) is 0 Å². The minimum Gasteiger partial charge on any atom is -0.369 e. The highest BCUT2D eigenvalue weighted by Gasteiger charge is 2.47. The molecular weight excluding hydrogens is 278 g/mol. The Hall–Kier alpha value is -1.94. The molecule has 1 spiro atoms. The average Bonchev–Trinajstić information content (AvgIpc) is 2.86. The third-order valence-corrected chi connectivity index (χ3v) is 5.41. The molecule has 0 amide bonds. The van der Waals surface area contributed by atoms with Gasteiger partial charge < -0.3 is 10.6 Å². The van der Waals surface area contributed by atoms with Crippen molar-refractivity contribution in [1.29, 1.82) is 0 Å². The number of thioether (sulfide) groups is 1. The highest BCUT2D eigenvalue weighted by atomic mass is 32.2. The van der Waals surface area contributed by atoms with E-state index in [0.29, 0.717) is 5.96 Å². The van der Waals surface area contributed by atoms with Crippen LogP contribution in [0, 0.1) is 0 Å². The van der Waals surface area contributed by atoms with Gasteiger partial charge in [0, 0.05) is 16.3 Å². The van der Waals surface area contributed by atoms with Gasteiger partial charge in [-0.3, -0.25) is 4.99 Å². The number of aliphatic imine (C=N–C) groups is 1. The zero-order valence-corrected chi connectivity index (χ0v) is 12.5. The second-order valence-electron chi connectivity index (χ2n) is 5.47. The van der Waals surface area contributed by atoms with Crippen LogP contribution in [-0.2, 0) is 5.54 Å². The number of para-hydroxylation sites is 1. The van der Waals surface area contributed by atoms with Crippen molar-refractivity contribution >= 4 is 23.4 Å². The summed E-state index contributed by atoms with van der Waals surface area (Å²) in [5.41, 5.74) is 8.60. The summed E-state index contributed by atoms with van der Waals surface area (Å²) >= 11 is 1.93. The highest BCUT2D eigenvalue weighted by Crippen LogP contribution is 2.47. The third-order valence-electron chi connectivity index (χ3n) is 4.34. The first-order chi connectivity index (χ1) is 10.3. The Labute approximate surface area is 128 Å². The van der Waals surface area contributed by atoms with Crippen molar-refractivity contribution in [1.82, 2.24) is 0 Å². The lowest BCUT2D eigenvalue weighted by Gasteiger charge is -2.43. The fourth-order valence-corrected chi connectivity index (χ4v) is 4.61. The molecule has 0 fully saturated rings. The number of guanidine groups is 1. The topological polar surface area (TPSA) is 41.6 Å². The van der Waals surface area contributed by atoms with Crippen molar-refractivity contribution in [3.05, 3.63) is 60.2 Å². The molecule has 0 saturated heterocycles. The first kappa shape index (κ1) is 12.8. The molecule has 0 bridgehead atoms. The summed E-state index contributed by atoms with van der Waals surface area (Å²) in [4.78, 5) is 8.16. The van der Waals surface area contributed by atoms with Crippen LogP contribution in [0.15, 0.2) is 64.5 Å². The summed E-state index contributed by atoms with van der Waals surface area (Å²) in [7, 11) is 0.